The number of aryl methyl sites for hydroxylation is 1. The van der Waals surface area contributed by atoms with E-state index in [1.165, 1.54) is 49.7 Å². The summed E-state index contributed by atoms with van der Waals surface area (Å²) >= 11 is 0. The van der Waals surface area contributed by atoms with Gasteiger partial charge in [-0.3, -0.25) is 0 Å². The molecule has 0 saturated heterocycles. The lowest BCUT2D eigenvalue weighted by Gasteiger charge is -2.27. The number of ether oxygens (including phenoxy) is 1. The van der Waals surface area contributed by atoms with E-state index in [0.717, 1.165) is 18.2 Å². The summed E-state index contributed by atoms with van der Waals surface area (Å²) in [5, 5.41) is 3.75. The van der Waals surface area contributed by atoms with Crippen LogP contribution in [0, 0.1) is 5.92 Å². The molecule has 1 aliphatic rings. The zero-order chi connectivity index (χ0) is 14.4. The maximum absolute atomic E-state index is 5.33. The molecule has 1 aromatic rings. The van der Waals surface area contributed by atoms with Crippen molar-refractivity contribution >= 4 is 0 Å². The van der Waals surface area contributed by atoms with Gasteiger partial charge in [-0.15, -0.1) is 0 Å². The smallest absolute Gasteiger partial charge is 0.119 e. The van der Waals surface area contributed by atoms with Crippen LogP contribution in [-0.2, 0) is 6.42 Å². The maximum atomic E-state index is 5.33. The van der Waals surface area contributed by atoms with Crippen LogP contribution in [-0.4, -0.2) is 13.7 Å². The Hall–Kier alpha value is -1.02. The van der Waals surface area contributed by atoms with Gasteiger partial charge in [0.05, 0.1) is 7.11 Å². The highest BCUT2D eigenvalue weighted by atomic mass is 16.5. The van der Waals surface area contributed by atoms with Gasteiger partial charge >= 0.3 is 0 Å². The van der Waals surface area contributed by atoms with Gasteiger partial charge in [-0.25, -0.2) is 0 Å². The Kier molecular flexibility index (Phi) is 5.90. The van der Waals surface area contributed by atoms with Gasteiger partial charge in [0, 0.05) is 6.04 Å². The molecule has 0 fully saturated rings. The number of methoxy groups -OCH3 is 1. The van der Waals surface area contributed by atoms with Crippen LogP contribution >= 0.6 is 0 Å². The Morgan fingerprint density at radius 2 is 2.15 bits per heavy atom. The molecule has 0 aromatic heterocycles. The van der Waals surface area contributed by atoms with E-state index >= 15 is 0 Å². The lowest BCUT2D eigenvalue weighted by Crippen LogP contribution is -2.26. The van der Waals surface area contributed by atoms with Crippen molar-refractivity contribution in [1.82, 2.24) is 5.32 Å². The van der Waals surface area contributed by atoms with Crippen molar-refractivity contribution in [2.75, 3.05) is 13.7 Å². The van der Waals surface area contributed by atoms with Crippen molar-refractivity contribution in [3.8, 4) is 5.75 Å². The molecule has 1 aliphatic carbocycles. The van der Waals surface area contributed by atoms with Crippen molar-refractivity contribution in [2.45, 2.75) is 58.4 Å². The summed E-state index contributed by atoms with van der Waals surface area (Å²) in [4.78, 5) is 0. The Labute approximate surface area is 123 Å². The maximum Gasteiger partial charge on any atom is 0.119 e. The third-order valence-corrected chi connectivity index (χ3v) is 4.26. The van der Waals surface area contributed by atoms with Crippen LogP contribution in [0.2, 0.25) is 0 Å². The van der Waals surface area contributed by atoms with E-state index in [9.17, 15) is 0 Å². The minimum absolute atomic E-state index is 0.545. The molecule has 1 aromatic carbocycles. The summed E-state index contributed by atoms with van der Waals surface area (Å²) in [6.07, 6.45) is 7.72. The number of nitrogens with one attached hydrogen (secondary N) is 1. The first-order valence-electron chi connectivity index (χ1n) is 8.11. The zero-order valence-corrected chi connectivity index (χ0v) is 13.2. The SMILES string of the molecule is COc1ccc2c(c1)CCCC2NCCCCC(C)C. The highest BCUT2D eigenvalue weighted by Crippen LogP contribution is 2.32. The Morgan fingerprint density at radius 3 is 2.90 bits per heavy atom. The molecule has 2 rings (SSSR count). The minimum Gasteiger partial charge on any atom is -0.497 e. The van der Waals surface area contributed by atoms with Crippen LogP contribution < -0.4 is 10.1 Å². The first-order chi connectivity index (χ1) is 9.70. The molecule has 1 atom stereocenters. The van der Waals surface area contributed by atoms with Crippen molar-refractivity contribution in [1.29, 1.82) is 0 Å². The van der Waals surface area contributed by atoms with Crippen LogP contribution in [0.3, 0.4) is 0 Å². The molecular weight excluding hydrogens is 246 g/mol. The first kappa shape index (κ1) is 15.4. The molecule has 0 saturated carbocycles. The molecule has 20 heavy (non-hydrogen) atoms. The fraction of sp³-hybridized carbons (Fsp3) is 0.667. The molecule has 1 unspecified atom stereocenters. The van der Waals surface area contributed by atoms with Crippen molar-refractivity contribution < 1.29 is 4.74 Å². The molecule has 0 aliphatic heterocycles. The topological polar surface area (TPSA) is 21.3 Å². The van der Waals surface area contributed by atoms with E-state index in [1.54, 1.807) is 7.11 Å². The van der Waals surface area contributed by atoms with Gasteiger partial charge in [0.2, 0.25) is 0 Å². The lowest BCUT2D eigenvalue weighted by atomic mass is 9.87. The third-order valence-electron chi connectivity index (χ3n) is 4.26. The van der Waals surface area contributed by atoms with Crippen LogP contribution in [0.5, 0.6) is 5.75 Å². The molecule has 2 heteroatoms. The van der Waals surface area contributed by atoms with Gasteiger partial charge in [0.15, 0.2) is 0 Å². The number of rotatable bonds is 7. The Balaban J connectivity index is 1.85. The molecule has 2 nitrogen and oxygen atoms in total. The van der Waals surface area contributed by atoms with Gasteiger partial charge in [-0.2, -0.15) is 0 Å². The lowest BCUT2D eigenvalue weighted by molar-refractivity contribution is 0.409. The summed E-state index contributed by atoms with van der Waals surface area (Å²) in [6.45, 7) is 5.75. The largest absolute Gasteiger partial charge is 0.497 e. The average molecular weight is 275 g/mol. The molecule has 0 amide bonds. The van der Waals surface area contributed by atoms with E-state index in [4.69, 9.17) is 4.74 Å². The van der Waals surface area contributed by atoms with Crippen molar-refractivity contribution in [3.63, 3.8) is 0 Å². The monoisotopic (exact) mass is 275 g/mol. The fourth-order valence-electron chi connectivity index (χ4n) is 3.08. The normalized spacial score (nSPS) is 18.1. The quantitative estimate of drug-likeness (QED) is 0.740. The number of benzene rings is 1. The van der Waals surface area contributed by atoms with Crippen LogP contribution in [0.25, 0.3) is 0 Å². The highest BCUT2D eigenvalue weighted by molar-refractivity contribution is 5.39. The van der Waals surface area contributed by atoms with Gasteiger partial charge in [0.1, 0.15) is 5.75 Å². The molecule has 0 heterocycles. The number of hydrogen-bond acceptors (Lipinski definition) is 2. The molecular formula is C18H29NO. The number of hydrogen-bond donors (Lipinski definition) is 1. The highest BCUT2D eigenvalue weighted by Gasteiger charge is 2.19. The standard InChI is InChI=1S/C18H29NO/c1-14(2)7-4-5-12-19-18-9-6-8-15-13-16(20-3)10-11-17(15)18/h10-11,13-14,18-19H,4-9,12H2,1-3H3. The van der Waals surface area contributed by atoms with E-state index in [0.29, 0.717) is 6.04 Å². The van der Waals surface area contributed by atoms with Gasteiger partial charge in [-0.05, 0) is 61.4 Å². The summed E-state index contributed by atoms with van der Waals surface area (Å²) in [5.41, 5.74) is 2.95. The van der Waals surface area contributed by atoms with Gasteiger partial charge in [0.25, 0.3) is 0 Å². The van der Waals surface area contributed by atoms with E-state index in [-0.39, 0.29) is 0 Å². The first-order valence-corrected chi connectivity index (χ1v) is 8.11. The number of unbranched alkanes of at least 4 members (excludes halogenated alkanes) is 1. The Bertz CT molecular complexity index is 414. The summed E-state index contributed by atoms with van der Waals surface area (Å²) < 4.78 is 5.33. The summed E-state index contributed by atoms with van der Waals surface area (Å²) in [7, 11) is 1.75. The van der Waals surface area contributed by atoms with Crippen molar-refractivity contribution in [3.05, 3.63) is 29.3 Å². The molecule has 0 bridgehead atoms. The minimum atomic E-state index is 0.545. The third kappa shape index (κ3) is 4.24. The molecule has 1 N–H and O–H groups in total. The average Bonchev–Trinajstić information content (AvgIpc) is 2.46. The van der Waals surface area contributed by atoms with Gasteiger partial charge < -0.3 is 10.1 Å². The molecule has 0 radical (unpaired) electrons. The van der Waals surface area contributed by atoms with Crippen LogP contribution in [0.15, 0.2) is 18.2 Å². The van der Waals surface area contributed by atoms with E-state index in [1.807, 2.05) is 0 Å². The second kappa shape index (κ2) is 7.68. The second-order valence-corrected chi connectivity index (χ2v) is 6.35. The van der Waals surface area contributed by atoms with Crippen molar-refractivity contribution in [2.24, 2.45) is 5.92 Å². The van der Waals surface area contributed by atoms with E-state index < -0.39 is 0 Å². The summed E-state index contributed by atoms with van der Waals surface area (Å²) in [5.74, 6) is 1.82. The Morgan fingerprint density at radius 1 is 1.30 bits per heavy atom. The molecule has 0 spiro atoms. The fourth-order valence-corrected chi connectivity index (χ4v) is 3.08. The second-order valence-electron chi connectivity index (χ2n) is 6.35. The summed E-state index contributed by atoms with van der Waals surface area (Å²) in [6, 6.07) is 7.10. The number of fused-ring (bicyclic) bond motifs is 1. The predicted molar refractivity (Wildman–Crippen MR) is 85.4 cm³/mol. The van der Waals surface area contributed by atoms with Gasteiger partial charge in [-0.1, -0.05) is 32.8 Å². The van der Waals surface area contributed by atoms with Crippen LogP contribution in [0.4, 0.5) is 0 Å². The van der Waals surface area contributed by atoms with Crippen LogP contribution in [0.1, 0.15) is 63.1 Å². The van der Waals surface area contributed by atoms with E-state index in [2.05, 4.69) is 37.4 Å². The molecule has 112 valence electrons. The predicted octanol–water partition coefficient (Wildman–Crippen LogP) is 4.49. The zero-order valence-electron chi connectivity index (χ0n) is 13.2.